The number of carbonyl (C=O) groups is 1. The van der Waals surface area contributed by atoms with Crippen LogP contribution >= 0.6 is 0 Å². The van der Waals surface area contributed by atoms with Gasteiger partial charge in [-0.1, -0.05) is 0 Å². The zero-order chi connectivity index (χ0) is 4.00. The first-order valence-electron chi connectivity index (χ1n) is 0.736. The van der Waals surface area contributed by atoms with E-state index >= 15 is 0 Å². The minimum atomic E-state index is 0. The van der Waals surface area contributed by atoms with E-state index in [9.17, 15) is 0 Å². The SMILES string of the molecule is C=O.CO.F. The topological polar surface area (TPSA) is 37.3 Å². The third-order valence-corrected chi connectivity index (χ3v) is 0. The van der Waals surface area contributed by atoms with Gasteiger partial charge in [-0.15, -0.1) is 0 Å². The first kappa shape index (κ1) is 23.7. The van der Waals surface area contributed by atoms with Crippen LogP contribution in [0.4, 0.5) is 4.70 Å². The molecular formula is C2H7FO2. The second-order valence-corrected chi connectivity index (χ2v) is 0. The molecule has 0 fully saturated rings. The van der Waals surface area contributed by atoms with E-state index in [1.807, 2.05) is 6.79 Å². The summed E-state index contributed by atoms with van der Waals surface area (Å²) in [5, 5.41) is 7.00. The summed E-state index contributed by atoms with van der Waals surface area (Å²) in [6.07, 6.45) is 0. The van der Waals surface area contributed by atoms with Crippen molar-refractivity contribution in [3.8, 4) is 0 Å². The molecule has 0 radical (unpaired) electrons. The lowest BCUT2D eigenvalue weighted by Crippen LogP contribution is -1.25. The summed E-state index contributed by atoms with van der Waals surface area (Å²) in [7, 11) is 1.00. The molecule has 34 valence electrons. The molecule has 0 atom stereocenters. The maximum absolute atomic E-state index is 8.00. The second-order valence-electron chi connectivity index (χ2n) is 0. The number of aliphatic hydroxyl groups excluding tert-OH is 1. The quantitative estimate of drug-likeness (QED) is 0.430. The lowest BCUT2D eigenvalue weighted by atomic mass is 11.8. The Kier molecular flexibility index (Phi) is 572. The molecule has 0 spiro atoms. The molecule has 3 heteroatoms. The van der Waals surface area contributed by atoms with Crippen molar-refractivity contribution in [2.24, 2.45) is 0 Å². The van der Waals surface area contributed by atoms with Gasteiger partial charge in [0.15, 0.2) is 0 Å². The molecule has 5 heavy (non-hydrogen) atoms. The molecule has 0 bridgehead atoms. The number of hydrogen-bond acceptors (Lipinski definition) is 2. The highest BCUT2D eigenvalue weighted by Crippen LogP contribution is 0.755. The van der Waals surface area contributed by atoms with E-state index in [2.05, 4.69) is 0 Å². The number of hydrogen-bond donors (Lipinski definition) is 1. The summed E-state index contributed by atoms with van der Waals surface area (Å²) >= 11 is 0. The van der Waals surface area contributed by atoms with Crippen molar-refractivity contribution in [1.82, 2.24) is 0 Å². The fourth-order valence-corrected chi connectivity index (χ4v) is 0. The summed E-state index contributed by atoms with van der Waals surface area (Å²) in [5.74, 6) is 0. The normalized spacial score (nSPS) is 2.00. The van der Waals surface area contributed by atoms with Gasteiger partial charge in [-0.25, -0.2) is 0 Å². The Labute approximate surface area is 29.8 Å². The standard InChI is InChI=1S/CH4O.CH2O.FH/c2*1-2;/h2H,1H3;1H2;1H. The van der Waals surface area contributed by atoms with E-state index in [4.69, 9.17) is 9.90 Å². The van der Waals surface area contributed by atoms with E-state index in [1.54, 1.807) is 0 Å². The average Bonchev–Trinajstić information content (AvgIpc) is 1.50. The minimum Gasteiger partial charge on any atom is -0.400 e. The minimum absolute atomic E-state index is 0. The molecule has 0 aliphatic heterocycles. The van der Waals surface area contributed by atoms with Crippen molar-refractivity contribution in [3.63, 3.8) is 0 Å². The lowest BCUT2D eigenvalue weighted by Gasteiger charge is -1.21. The van der Waals surface area contributed by atoms with Crippen molar-refractivity contribution in [2.45, 2.75) is 0 Å². The van der Waals surface area contributed by atoms with Crippen LogP contribution in [0, 0.1) is 0 Å². The molecule has 0 saturated heterocycles. The molecule has 0 aliphatic rings. The zero-order valence-electron chi connectivity index (χ0n) is 2.97. The number of carbonyl (C=O) groups excluding carboxylic acids is 1. The van der Waals surface area contributed by atoms with E-state index in [0.29, 0.717) is 0 Å². The van der Waals surface area contributed by atoms with Gasteiger partial charge in [0, 0.05) is 7.11 Å². The maximum atomic E-state index is 8.00. The highest BCUT2D eigenvalue weighted by molar-refractivity contribution is 5.10. The fraction of sp³-hybridized carbons (Fsp3) is 0.500. The summed E-state index contributed by atoms with van der Waals surface area (Å²) in [4.78, 5) is 8.00. The van der Waals surface area contributed by atoms with Gasteiger partial charge in [0.05, 0.1) is 0 Å². The second kappa shape index (κ2) is 121. The number of rotatable bonds is 0. The first-order valence-corrected chi connectivity index (χ1v) is 0.736. The molecule has 0 unspecified atom stereocenters. The third-order valence-electron chi connectivity index (χ3n) is 0. The van der Waals surface area contributed by atoms with E-state index in [0.717, 1.165) is 7.11 Å². The Bertz CT molecular complexity index is 7.61. The average molecular weight is 82.1 g/mol. The van der Waals surface area contributed by atoms with Crippen LogP contribution < -0.4 is 0 Å². The van der Waals surface area contributed by atoms with Crippen LogP contribution in [0.25, 0.3) is 0 Å². The van der Waals surface area contributed by atoms with Crippen LogP contribution in [0.2, 0.25) is 0 Å². The maximum Gasteiger partial charge on any atom is 0.106 e. The van der Waals surface area contributed by atoms with Crippen LogP contribution in [0.5, 0.6) is 0 Å². The van der Waals surface area contributed by atoms with E-state index in [-0.39, 0.29) is 4.70 Å². The van der Waals surface area contributed by atoms with Gasteiger partial charge in [-0.3, -0.25) is 4.70 Å². The van der Waals surface area contributed by atoms with Crippen LogP contribution in [-0.4, -0.2) is 19.0 Å². The Hall–Kier alpha value is -0.440. The lowest BCUT2D eigenvalue weighted by molar-refractivity contribution is -0.0979. The molecule has 0 aromatic heterocycles. The van der Waals surface area contributed by atoms with Crippen LogP contribution in [-0.2, 0) is 4.79 Å². The molecule has 0 heterocycles. The highest BCUT2D eigenvalue weighted by Gasteiger charge is 0.839. The molecule has 0 aromatic carbocycles. The van der Waals surface area contributed by atoms with Crippen LogP contribution in [0.3, 0.4) is 0 Å². The van der Waals surface area contributed by atoms with Crippen molar-refractivity contribution in [2.75, 3.05) is 7.11 Å². The predicted octanol–water partition coefficient (Wildman–Crippen LogP) is -0.424. The molecular weight excluding hydrogens is 75.0 g/mol. The van der Waals surface area contributed by atoms with Gasteiger partial charge in [-0.05, 0) is 0 Å². The fourth-order valence-electron chi connectivity index (χ4n) is 0. The summed E-state index contributed by atoms with van der Waals surface area (Å²) in [6.45, 7) is 2.00. The van der Waals surface area contributed by atoms with Gasteiger partial charge in [0.1, 0.15) is 6.79 Å². The summed E-state index contributed by atoms with van der Waals surface area (Å²) in [5.41, 5.74) is 0. The Morgan fingerprint density at radius 3 is 1.40 bits per heavy atom. The van der Waals surface area contributed by atoms with Gasteiger partial charge < -0.3 is 9.90 Å². The molecule has 1 N–H and O–H groups in total. The van der Waals surface area contributed by atoms with Crippen LogP contribution in [0.1, 0.15) is 0 Å². The van der Waals surface area contributed by atoms with Gasteiger partial charge in [-0.2, -0.15) is 0 Å². The number of halogens is 1. The Morgan fingerprint density at radius 2 is 1.40 bits per heavy atom. The molecule has 2 nitrogen and oxygen atoms in total. The van der Waals surface area contributed by atoms with Crippen molar-refractivity contribution < 1.29 is 14.6 Å². The zero-order valence-corrected chi connectivity index (χ0v) is 2.97. The van der Waals surface area contributed by atoms with Crippen molar-refractivity contribution in [1.29, 1.82) is 0 Å². The number of aliphatic hydroxyl groups is 1. The Balaban J connectivity index is -0.0000000133. The van der Waals surface area contributed by atoms with Gasteiger partial charge >= 0.3 is 0 Å². The smallest absolute Gasteiger partial charge is 0.106 e. The van der Waals surface area contributed by atoms with Crippen molar-refractivity contribution >= 4 is 6.79 Å². The third kappa shape index (κ3) is 44.8. The Morgan fingerprint density at radius 1 is 1.40 bits per heavy atom. The van der Waals surface area contributed by atoms with Gasteiger partial charge in [0.25, 0.3) is 0 Å². The van der Waals surface area contributed by atoms with Crippen molar-refractivity contribution in [3.05, 3.63) is 0 Å². The molecule has 0 saturated carbocycles. The van der Waals surface area contributed by atoms with Gasteiger partial charge in [0.2, 0.25) is 0 Å². The van der Waals surface area contributed by atoms with Crippen LogP contribution in [0.15, 0.2) is 0 Å². The molecule has 0 aliphatic carbocycles. The molecule has 0 amide bonds. The van der Waals surface area contributed by atoms with E-state index < -0.39 is 0 Å². The first-order chi connectivity index (χ1) is 2.00. The monoisotopic (exact) mass is 82.0 g/mol. The highest BCUT2D eigenvalue weighted by atomic mass is 19.0. The predicted molar refractivity (Wildman–Crippen MR) is 17.8 cm³/mol. The molecule has 0 rings (SSSR count). The molecule has 0 aromatic rings. The summed E-state index contributed by atoms with van der Waals surface area (Å²) in [6, 6.07) is 0. The van der Waals surface area contributed by atoms with E-state index in [1.165, 1.54) is 0 Å². The largest absolute Gasteiger partial charge is 0.400 e. The summed E-state index contributed by atoms with van der Waals surface area (Å²) < 4.78 is 0.